The highest BCUT2D eigenvalue weighted by atomic mass is 16.6. The summed E-state index contributed by atoms with van der Waals surface area (Å²) in [5.41, 5.74) is 7.67. The predicted molar refractivity (Wildman–Crippen MR) is 122 cm³/mol. The minimum atomic E-state index is -0.469. The topological polar surface area (TPSA) is 113 Å². The number of aromatic nitrogens is 2. The zero-order valence-corrected chi connectivity index (χ0v) is 17.1. The fourth-order valence-electron chi connectivity index (χ4n) is 3.13. The first-order valence-corrected chi connectivity index (χ1v) is 9.82. The Morgan fingerprint density at radius 1 is 0.938 bits per heavy atom. The average molecular weight is 425 g/mol. The van der Waals surface area contributed by atoms with Gasteiger partial charge < -0.3 is 0 Å². The SMILES string of the molecule is C/C(=N/NC(=O)c1cc(-c2ccc(-c3ccccc3)cc2)n[nH]1)c1ccc([N+](=O)[O-])cc1. The highest BCUT2D eigenvalue weighted by Crippen LogP contribution is 2.24. The maximum absolute atomic E-state index is 12.4. The van der Waals surface area contributed by atoms with E-state index in [0.29, 0.717) is 17.0 Å². The monoisotopic (exact) mass is 425 g/mol. The van der Waals surface area contributed by atoms with Gasteiger partial charge in [0.05, 0.1) is 16.3 Å². The maximum atomic E-state index is 12.4. The van der Waals surface area contributed by atoms with Gasteiger partial charge in [-0.25, -0.2) is 5.43 Å². The number of nitrogens with one attached hydrogen (secondary N) is 2. The molecule has 1 heterocycles. The quantitative estimate of drug-likeness (QED) is 0.262. The molecule has 0 radical (unpaired) electrons. The zero-order valence-electron chi connectivity index (χ0n) is 17.1. The number of rotatable bonds is 6. The highest BCUT2D eigenvalue weighted by molar-refractivity contribution is 6.00. The van der Waals surface area contributed by atoms with Crippen LogP contribution in [0.4, 0.5) is 5.69 Å². The van der Waals surface area contributed by atoms with Crippen LogP contribution in [-0.4, -0.2) is 26.7 Å². The van der Waals surface area contributed by atoms with Gasteiger partial charge in [0.15, 0.2) is 0 Å². The molecule has 0 saturated carbocycles. The molecule has 0 atom stereocenters. The van der Waals surface area contributed by atoms with E-state index >= 15 is 0 Å². The molecule has 0 bridgehead atoms. The Labute approximate surface area is 183 Å². The normalized spacial score (nSPS) is 11.2. The molecular weight excluding hydrogens is 406 g/mol. The Balaban J connectivity index is 1.43. The minimum absolute atomic E-state index is 0.00706. The summed E-state index contributed by atoms with van der Waals surface area (Å²) in [7, 11) is 0. The van der Waals surface area contributed by atoms with E-state index in [4.69, 9.17) is 0 Å². The summed E-state index contributed by atoms with van der Waals surface area (Å²) in [5, 5.41) is 21.8. The number of hydrazone groups is 1. The lowest BCUT2D eigenvalue weighted by Crippen LogP contribution is -2.19. The number of non-ortho nitro benzene ring substituents is 1. The molecule has 0 saturated heterocycles. The number of hydrogen-bond acceptors (Lipinski definition) is 5. The van der Waals surface area contributed by atoms with Gasteiger partial charge in [-0.2, -0.15) is 10.2 Å². The summed E-state index contributed by atoms with van der Waals surface area (Å²) in [4.78, 5) is 22.7. The molecule has 0 aliphatic carbocycles. The van der Waals surface area contributed by atoms with Crippen molar-refractivity contribution in [3.05, 3.63) is 106 Å². The van der Waals surface area contributed by atoms with Crippen LogP contribution in [0.2, 0.25) is 0 Å². The number of benzene rings is 3. The van der Waals surface area contributed by atoms with Gasteiger partial charge in [-0.1, -0.05) is 54.6 Å². The Hall–Kier alpha value is -4.59. The van der Waals surface area contributed by atoms with Crippen molar-refractivity contribution < 1.29 is 9.72 Å². The molecule has 0 unspecified atom stereocenters. The standard InChI is InChI=1S/C24H19N5O3/c1-16(17-11-13-21(14-12-17)29(31)32)25-28-24(30)23-15-22(26-27-23)20-9-7-19(8-10-20)18-5-3-2-4-6-18/h2-15H,1H3,(H,26,27)(H,28,30)/b25-16-. The largest absolute Gasteiger partial charge is 0.289 e. The number of aromatic amines is 1. The number of nitro benzene ring substituents is 1. The molecule has 3 aromatic carbocycles. The van der Waals surface area contributed by atoms with Crippen molar-refractivity contribution in [1.29, 1.82) is 0 Å². The summed E-state index contributed by atoms with van der Waals surface area (Å²) in [6.45, 7) is 1.70. The third kappa shape index (κ3) is 4.59. The van der Waals surface area contributed by atoms with Gasteiger partial charge in [0.2, 0.25) is 0 Å². The first-order chi connectivity index (χ1) is 15.5. The van der Waals surface area contributed by atoms with Crippen LogP contribution in [0.15, 0.2) is 90.0 Å². The highest BCUT2D eigenvalue weighted by Gasteiger charge is 2.12. The van der Waals surface area contributed by atoms with Crippen molar-refractivity contribution in [2.75, 3.05) is 0 Å². The summed E-state index contributed by atoms with van der Waals surface area (Å²) >= 11 is 0. The molecule has 158 valence electrons. The number of carbonyl (C=O) groups is 1. The Morgan fingerprint density at radius 3 is 2.22 bits per heavy atom. The van der Waals surface area contributed by atoms with Crippen LogP contribution < -0.4 is 5.43 Å². The molecule has 8 heteroatoms. The van der Waals surface area contributed by atoms with E-state index < -0.39 is 10.8 Å². The zero-order chi connectivity index (χ0) is 22.5. The van der Waals surface area contributed by atoms with Crippen molar-refractivity contribution in [2.45, 2.75) is 6.92 Å². The third-order valence-corrected chi connectivity index (χ3v) is 4.93. The molecule has 0 aliphatic heterocycles. The smallest absolute Gasteiger partial charge is 0.272 e. The number of carbonyl (C=O) groups excluding carboxylic acids is 1. The molecule has 0 fully saturated rings. The van der Waals surface area contributed by atoms with Gasteiger partial charge in [-0.15, -0.1) is 0 Å². The molecule has 0 spiro atoms. The Morgan fingerprint density at radius 2 is 1.56 bits per heavy atom. The Kier molecular flexibility index (Phi) is 5.85. The number of nitro groups is 1. The number of H-pyrrole nitrogens is 1. The second-order valence-electron chi connectivity index (χ2n) is 7.05. The molecule has 32 heavy (non-hydrogen) atoms. The van der Waals surface area contributed by atoms with Gasteiger partial charge in [0.1, 0.15) is 5.69 Å². The van der Waals surface area contributed by atoms with Crippen molar-refractivity contribution in [3.63, 3.8) is 0 Å². The number of hydrogen-bond donors (Lipinski definition) is 2. The lowest BCUT2D eigenvalue weighted by Gasteiger charge is -2.02. The molecule has 4 rings (SSSR count). The summed E-state index contributed by atoms with van der Waals surface area (Å²) in [6.07, 6.45) is 0. The van der Waals surface area contributed by atoms with Crippen molar-refractivity contribution in [3.8, 4) is 22.4 Å². The first kappa shape index (κ1) is 20.7. The fourth-order valence-corrected chi connectivity index (χ4v) is 3.13. The van der Waals surface area contributed by atoms with Crippen LogP contribution >= 0.6 is 0 Å². The minimum Gasteiger partial charge on any atom is -0.272 e. The van der Waals surface area contributed by atoms with Crippen LogP contribution in [0, 0.1) is 10.1 Å². The molecule has 8 nitrogen and oxygen atoms in total. The average Bonchev–Trinajstić information content (AvgIpc) is 3.33. The van der Waals surface area contributed by atoms with E-state index in [0.717, 1.165) is 16.7 Å². The first-order valence-electron chi connectivity index (χ1n) is 9.82. The van der Waals surface area contributed by atoms with Crippen LogP contribution in [0.25, 0.3) is 22.4 Å². The van der Waals surface area contributed by atoms with Crippen molar-refractivity contribution >= 4 is 17.3 Å². The van der Waals surface area contributed by atoms with Gasteiger partial charge in [0.25, 0.3) is 11.6 Å². The molecule has 1 aromatic heterocycles. The van der Waals surface area contributed by atoms with Gasteiger partial charge >= 0.3 is 0 Å². The lowest BCUT2D eigenvalue weighted by atomic mass is 10.0. The molecule has 1 amide bonds. The Bertz CT molecular complexity index is 1280. The third-order valence-electron chi connectivity index (χ3n) is 4.93. The molecule has 4 aromatic rings. The van der Waals surface area contributed by atoms with Crippen LogP contribution in [0.5, 0.6) is 0 Å². The van der Waals surface area contributed by atoms with E-state index in [9.17, 15) is 14.9 Å². The van der Waals surface area contributed by atoms with E-state index in [1.54, 1.807) is 25.1 Å². The second kappa shape index (κ2) is 9.05. The van der Waals surface area contributed by atoms with E-state index in [-0.39, 0.29) is 11.4 Å². The summed E-state index contributed by atoms with van der Waals surface area (Å²) < 4.78 is 0. The molecular formula is C24H19N5O3. The van der Waals surface area contributed by atoms with Gasteiger partial charge in [0, 0.05) is 17.7 Å². The predicted octanol–water partition coefficient (Wildman–Crippen LogP) is 4.81. The lowest BCUT2D eigenvalue weighted by molar-refractivity contribution is -0.384. The number of amides is 1. The van der Waals surface area contributed by atoms with E-state index in [1.807, 2.05) is 54.6 Å². The maximum Gasteiger partial charge on any atom is 0.289 e. The number of nitrogens with zero attached hydrogens (tertiary/aromatic N) is 3. The molecule has 0 aliphatic rings. The van der Waals surface area contributed by atoms with Crippen molar-refractivity contribution in [2.24, 2.45) is 5.10 Å². The van der Waals surface area contributed by atoms with Crippen LogP contribution in [0.3, 0.4) is 0 Å². The molecule has 2 N–H and O–H groups in total. The fraction of sp³-hybridized carbons (Fsp3) is 0.0417. The second-order valence-corrected chi connectivity index (χ2v) is 7.05. The van der Waals surface area contributed by atoms with E-state index in [2.05, 4.69) is 20.7 Å². The van der Waals surface area contributed by atoms with Gasteiger partial charge in [-0.05, 0) is 41.8 Å². The van der Waals surface area contributed by atoms with Crippen molar-refractivity contribution in [1.82, 2.24) is 15.6 Å². The van der Waals surface area contributed by atoms with Gasteiger partial charge in [-0.3, -0.25) is 20.0 Å². The van der Waals surface area contributed by atoms with E-state index in [1.165, 1.54) is 12.1 Å². The summed E-state index contributed by atoms with van der Waals surface area (Å²) in [5.74, 6) is -0.439. The summed E-state index contributed by atoms with van der Waals surface area (Å²) in [6, 6.07) is 25.6. The van der Waals surface area contributed by atoms with Crippen LogP contribution in [0.1, 0.15) is 23.0 Å². The van der Waals surface area contributed by atoms with Crippen LogP contribution in [-0.2, 0) is 0 Å².